The summed E-state index contributed by atoms with van der Waals surface area (Å²) < 4.78 is 0. The van der Waals surface area contributed by atoms with Gasteiger partial charge in [-0.1, -0.05) is 62.7 Å². The van der Waals surface area contributed by atoms with Crippen molar-refractivity contribution in [2.75, 3.05) is 10.7 Å². The Morgan fingerprint density at radius 2 is 1.54 bits per heavy atom. The zero-order chi connectivity index (χ0) is 18.8. The van der Waals surface area contributed by atoms with Crippen molar-refractivity contribution >= 4 is 34.8 Å². The van der Waals surface area contributed by atoms with E-state index in [-0.39, 0.29) is 11.8 Å². The number of thioether (sulfide) groups is 1. The molecule has 0 fully saturated rings. The molecule has 1 heterocycles. The van der Waals surface area contributed by atoms with Crippen LogP contribution in [0.25, 0.3) is 5.57 Å². The maximum atomic E-state index is 13.1. The molecule has 1 aliphatic rings. The van der Waals surface area contributed by atoms with Gasteiger partial charge in [-0.15, -0.1) is 11.8 Å². The second-order valence-electron chi connectivity index (χ2n) is 6.70. The lowest BCUT2D eigenvalue weighted by atomic mass is 10.0. The Hall–Kier alpha value is -2.33. The van der Waals surface area contributed by atoms with E-state index in [1.807, 2.05) is 62.4 Å². The Morgan fingerprint density at radius 3 is 2.08 bits per heavy atom. The van der Waals surface area contributed by atoms with Crippen molar-refractivity contribution in [3.05, 3.63) is 70.1 Å². The summed E-state index contributed by atoms with van der Waals surface area (Å²) in [5.41, 5.74) is 4.24. The summed E-state index contributed by atoms with van der Waals surface area (Å²) in [6.45, 7) is 8.23. The third kappa shape index (κ3) is 3.34. The summed E-state index contributed by atoms with van der Waals surface area (Å²) >= 11 is 1.43. The smallest absolute Gasteiger partial charge is 0.268 e. The first-order valence-electron chi connectivity index (χ1n) is 8.87. The van der Waals surface area contributed by atoms with Gasteiger partial charge in [0, 0.05) is 0 Å². The molecule has 3 nitrogen and oxygen atoms in total. The van der Waals surface area contributed by atoms with E-state index in [0.29, 0.717) is 22.1 Å². The van der Waals surface area contributed by atoms with Crippen LogP contribution in [0.4, 0.5) is 5.69 Å². The van der Waals surface area contributed by atoms with Gasteiger partial charge in [0.25, 0.3) is 11.8 Å². The number of carbonyl (C=O) groups excluding carboxylic acids is 2. The summed E-state index contributed by atoms with van der Waals surface area (Å²) in [7, 11) is 0. The first-order valence-corrected chi connectivity index (χ1v) is 9.85. The molecule has 1 aliphatic heterocycles. The van der Waals surface area contributed by atoms with Crippen LogP contribution in [0, 0.1) is 6.92 Å². The molecule has 0 aromatic heterocycles. The van der Waals surface area contributed by atoms with Gasteiger partial charge in [-0.05, 0) is 41.9 Å². The number of benzene rings is 2. The molecule has 0 saturated heterocycles. The van der Waals surface area contributed by atoms with Gasteiger partial charge in [0.15, 0.2) is 0 Å². The highest BCUT2D eigenvalue weighted by molar-refractivity contribution is 8.04. The maximum Gasteiger partial charge on any atom is 0.272 e. The first kappa shape index (κ1) is 18.5. The van der Waals surface area contributed by atoms with Crippen LogP contribution in [0.15, 0.2) is 53.4 Å². The van der Waals surface area contributed by atoms with Crippen LogP contribution in [0.5, 0.6) is 0 Å². The van der Waals surface area contributed by atoms with Crippen LogP contribution in [0.3, 0.4) is 0 Å². The number of carbonyl (C=O) groups is 2. The van der Waals surface area contributed by atoms with Crippen LogP contribution in [-0.4, -0.2) is 17.6 Å². The number of rotatable bonds is 5. The van der Waals surface area contributed by atoms with E-state index in [2.05, 4.69) is 13.8 Å². The van der Waals surface area contributed by atoms with Crippen LogP contribution in [-0.2, 0) is 9.59 Å². The Balaban J connectivity index is 2.02. The summed E-state index contributed by atoms with van der Waals surface area (Å²) in [5.74, 6) is 0.674. The maximum absolute atomic E-state index is 13.1. The van der Waals surface area contributed by atoms with E-state index in [9.17, 15) is 9.59 Å². The summed E-state index contributed by atoms with van der Waals surface area (Å²) in [6, 6.07) is 15.4. The average Bonchev–Trinajstić information content (AvgIpc) is 2.87. The second-order valence-corrected chi connectivity index (χ2v) is 7.97. The molecule has 0 saturated carbocycles. The molecule has 134 valence electrons. The van der Waals surface area contributed by atoms with E-state index in [4.69, 9.17) is 0 Å². The lowest BCUT2D eigenvalue weighted by molar-refractivity contribution is -0.119. The number of imide groups is 1. The average molecular weight is 365 g/mol. The minimum absolute atomic E-state index is 0.227. The van der Waals surface area contributed by atoms with Crippen molar-refractivity contribution in [1.29, 1.82) is 0 Å². The molecule has 0 spiro atoms. The van der Waals surface area contributed by atoms with E-state index in [1.165, 1.54) is 22.2 Å². The van der Waals surface area contributed by atoms with Crippen molar-refractivity contribution < 1.29 is 9.59 Å². The fraction of sp³-hybridized carbons (Fsp3) is 0.273. The number of amides is 2. The lowest BCUT2D eigenvalue weighted by Crippen LogP contribution is -2.31. The fourth-order valence-corrected chi connectivity index (χ4v) is 3.86. The van der Waals surface area contributed by atoms with Gasteiger partial charge in [0.2, 0.25) is 0 Å². The minimum Gasteiger partial charge on any atom is -0.268 e. The second kappa shape index (κ2) is 7.50. The van der Waals surface area contributed by atoms with Crippen molar-refractivity contribution in [3.63, 3.8) is 0 Å². The molecule has 0 aliphatic carbocycles. The molecule has 0 bridgehead atoms. The summed E-state index contributed by atoms with van der Waals surface area (Å²) in [5, 5.41) is 0. The zero-order valence-corrected chi connectivity index (χ0v) is 16.4. The van der Waals surface area contributed by atoms with E-state index in [0.717, 1.165) is 16.9 Å². The van der Waals surface area contributed by atoms with Crippen LogP contribution >= 0.6 is 11.8 Å². The molecule has 0 unspecified atom stereocenters. The highest BCUT2D eigenvalue weighted by Crippen LogP contribution is 2.38. The highest BCUT2D eigenvalue weighted by atomic mass is 32.2. The molecule has 0 N–H and O–H groups in total. The SMILES string of the molecule is CCSC1=C(c2ccc(C)cc2)C(=O)N(c2ccc(C(C)C)cc2)C1=O. The predicted octanol–water partition coefficient (Wildman–Crippen LogP) is 5.16. The quantitative estimate of drug-likeness (QED) is 0.687. The number of aryl methyl sites for hydroxylation is 1. The van der Waals surface area contributed by atoms with Crippen LogP contribution in [0.1, 0.15) is 43.4 Å². The Bertz CT molecular complexity index is 864. The molecule has 0 atom stereocenters. The zero-order valence-electron chi connectivity index (χ0n) is 15.6. The van der Waals surface area contributed by atoms with E-state index < -0.39 is 0 Å². The van der Waals surface area contributed by atoms with Gasteiger partial charge in [-0.3, -0.25) is 9.59 Å². The molecular weight excluding hydrogens is 342 g/mol. The monoisotopic (exact) mass is 365 g/mol. The summed E-state index contributed by atoms with van der Waals surface area (Å²) in [6.07, 6.45) is 0. The first-order chi connectivity index (χ1) is 12.4. The van der Waals surface area contributed by atoms with Gasteiger partial charge in [0.1, 0.15) is 0 Å². The molecule has 4 heteroatoms. The Labute approximate surface area is 159 Å². The summed E-state index contributed by atoms with van der Waals surface area (Å²) in [4.78, 5) is 28.0. The lowest BCUT2D eigenvalue weighted by Gasteiger charge is -2.16. The predicted molar refractivity (Wildman–Crippen MR) is 109 cm³/mol. The third-order valence-corrected chi connectivity index (χ3v) is 5.44. The Morgan fingerprint density at radius 1 is 0.923 bits per heavy atom. The molecular formula is C22H23NO2S. The van der Waals surface area contributed by atoms with E-state index in [1.54, 1.807) is 0 Å². The van der Waals surface area contributed by atoms with Gasteiger partial charge in [-0.2, -0.15) is 0 Å². The Kier molecular flexibility index (Phi) is 5.33. The third-order valence-electron chi connectivity index (χ3n) is 4.49. The van der Waals surface area contributed by atoms with Gasteiger partial charge >= 0.3 is 0 Å². The van der Waals surface area contributed by atoms with Gasteiger partial charge in [-0.25, -0.2) is 4.90 Å². The van der Waals surface area contributed by atoms with Crippen LogP contribution < -0.4 is 4.90 Å². The molecule has 0 radical (unpaired) electrons. The number of anilines is 1. The highest BCUT2D eigenvalue weighted by Gasteiger charge is 2.39. The molecule has 2 amide bonds. The molecule has 2 aromatic rings. The molecule has 2 aromatic carbocycles. The van der Waals surface area contributed by atoms with Crippen molar-refractivity contribution in [1.82, 2.24) is 0 Å². The largest absolute Gasteiger partial charge is 0.272 e. The normalized spacial score (nSPS) is 14.7. The van der Waals surface area contributed by atoms with Crippen LogP contribution in [0.2, 0.25) is 0 Å². The minimum atomic E-state index is -0.243. The van der Waals surface area contributed by atoms with Gasteiger partial charge < -0.3 is 0 Å². The molecule has 26 heavy (non-hydrogen) atoms. The van der Waals surface area contributed by atoms with Gasteiger partial charge in [0.05, 0.1) is 16.2 Å². The standard InChI is InChI=1S/C22H23NO2S/c1-5-26-20-19(17-8-6-15(4)7-9-17)21(24)23(22(20)25)18-12-10-16(11-13-18)14(2)3/h6-14H,5H2,1-4H3. The van der Waals surface area contributed by atoms with Crippen molar-refractivity contribution in [2.24, 2.45) is 0 Å². The van der Waals surface area contributed by atoms with E-state index >= 15 is 0 Å². The fourth-order valence-electron chi connectivity index (χ4n) is 3.01. The number of nitrogens with zero attached hydrogens (tertiary/aromatic N) is 1. The molecule has 3 rings (SSSR count). The number of hydrogen-bond acceptors (Lipinski definition) is 3. The topological polar surface area (TPSA) is 37.4 Å². The van der Waals surface area contributed by atoms with Crippen molar-refractivity contribution in [3.8, 4) is 0 Å². The number of hydrogen-bond donors (Lipinski definition) is 0. The van der Waals surface area contributed by atoms with Crippen molar-refractivity contribution in [2.45, 2.75) is 33.6 Å².